The van der Waals surface area contributed by atoms with Gasteiger partial charge in [-0.25, -0.2) is 0 Å². The summed E-state index contributed by atoms with van der Waals surface area (Å²) in [7, 11) is 0. The molecule has 1 fully saturated rings. The summed E-state index contributed by atoms with van der Waals surface area (Å²) >= 11 is 0. The number of halogens is 3. The molecule has 1 aliphatic heterocycles. The molecule has 1 heterocycles. The van der Waals surface area contributed by atoms with Crippen LogP contribution >= 0.6 is 0 Å². The molecule has 5 heteroatoms. The minimum absolute atomic E-state index is 0.0110. The van der Waals surface area contributed by atoms with E-state index in [2.05, 4.69) is 19.2 Å². The average Bonchev–Trinajstić information content (AvgIpc) is 2.25. The molecule has 102 valence electrons. The van der Waals surface area contributed by atoms with Crippen molar-refractivity contribution in [2.75, 3.05) is 19.6 Å². The Balaban J connectivity index is 2.61. The van der Waals surface area contributed by atoms with Crippen LogP contribution in [0.25, 0.3) is 0 Å². The van der Waals surface area contributed by atoms with Crippen molar-refractivity contribution in [2.45, 2.75) is 51.9 Å². The molecule has 2 nitrogen and oxygen atoms in total. The zero-order chi connectivity index (χ0) is 13.1. The Hall–Kier alpha value is -0.290. The highest BCUT2D eigenvalue weighted by molar-refractivity contribution is 4.88. The topological polar surface area (TPSA) is 15.3 Å². The van der Waals surface area contributed by atoms with Crippen LogP contribution in [0.5, 0.6) is 0 Å². The van der Waals surface area contributed by atoms with Crippen molar-refractivity contribution in [3.8, 4) is 0 Å². The number of nitrogens with one attached hydrogen (secondary N) is 1. The second kappa shape index (κ2) is 6.05. The summed E-state index contributed by atoms with van der Waals surface area (Å²) in [6, 6.07) is 0.196. The largest absolute Gasteiger partial charge is 0.401 e. The van der Waals surface area contributed by atoms with Crippen LogP contribution in [0.1, 0.15) is 33.6 Å². The smallest absolute Gasteiger partial charge is 0.311 e. The Morgan fingerprint density at radius 3 is 2.47 bits per heavy atom. The van der Waals surface area contributed by atoms with E-state index in [1.807, 2.05) is 6.92 Å². The van der Waals surface area contributed by atoms with Gasteiger partial charge in [0.15, 0.2) is 0 Å². The first kappa shape index (κ1) is 14.8. The van der Waals surface area contributed by atoms with Gasteiger partial charge in [-0.2, -0.15) is 13.2 Å². The van der Waals surface area contributed by atoms with E-state index in [1.54, 1.807) is 4.90 Å². The number of rotatable bonds is 4. The standard InChI is InChI=1S/C12H23F3N2/c1-4-9(3)11-7-17(8-12(13,14)15)10(5-2)6-16-11/h9-11,16H,4-8H2,1-3H3. The molecule has 0 aromatic rings. The van der Waals surface area contributed by atoms with Crippen molar-refractivity contribution in [3.05, 3.63) is 0 Å². The van der Waals surface area contributed by atoms with Gasteiger partial charge in [-0.3, -0.25) is 4.90 Å². The maximum Gasteiger partial charge on any atom is 0.401 e. The molecule has 0 aliphatic carbocycles. The van der Waals surface area contributed by atoms with Crippen molar-refractivity contribution in [1.29, 1.82) is 0 Å². The zero-order valence-electron chi connectivity index (χ0n) is 10.8. The molecule has 0 aromatic carbocycles. The molecule has 0 amide bonds. The molecule has 3 atom stereocenters. The number of nitrogens with zero attached hydrogens (tertiary/aromatic N) is 1. The van der Waals surface area contributed by atoms with Gasteiger partial charge in [0, 0.05) is 25.2 Å². The summed E-state index contributed by atoms with van der Waals surface area (Å²) in [5.74, 6) is 0.420. The van der Waals surface area contributed by atoms with E-state index in [4.69, 9.17) is 0 Å². The molecule has 1 rings (SSSR count). The van der Waals surface area contributed by atoms with Gasteiger partial charge in [0.25, 0.3) is 0 Å². The Labute approximate surface area is 102 Å². The van der Waals surface area contributed by atoms with Gasteiger partial charge in [-0.1, -0.05) is 27.2 Å². The Morgan fingerprint density at radius 1 is 1.35 bits per heavy atom. The fourth-order valence-corrected chi connectivity index (χ4v) is 2.37. The van der Waals surface area contributed by atoms with E-state index >= 15 is 0 Å². The molecule has 17 heavy (non-hydrogen) atoms. The van der Waals surface area contributed by atoms with Crippen LogP contribution in [-0.2, 0) is 0 Å². The van der Waals surface area contributed by atoms with E-state index in [-0.39, 0.29) is 12.1 Å². The van der Waals surface area contributed by atoms with Crippen LogP contribution in [0.2, 0.25) is 0 Å². The third-order valence-corrected chi connectivity index (χ3v) is 3.75. The van der Waals surface area contributed by atoms with Crippen molar-refractivity contribution in [2.24, 2.45) is 5.92 Å². The maximum atomic E-state index is 12.5. The molecule has 1 aliphatic rings. The number of alkyl halides is 3. The van der Waals surface area contributed by atoms with Gasteiger partial charge in [0.2, 0.25) is 0 Å². The molecule has 0 radical (unpaired) electrons. The highest BCUT2D eigenvalue weighted by Gasteiger charge is 2.37. The molecular formula is C12H23F3N2. The van der Waals surface area contributed by atoms with Crippen molar-refractivity contribution >= 4 is 0 Å². The molecule has 1 N–H and O–H groups in total. The van der Waals surface area contributed by atoms with Gasteiger partial charge in [-0.05, 0) is 12.3 Å². The second-order valence-electron chi connectivity index (χ2n) is 5.01. The SMILES string of the molecule is CCC(C)C1CN(CC(F)(F)F)C(CC)CN1. The first-order valence-electron chi connectivity index (χ1n) is 6.41. The highest BCUT2D eigenvalue weighted by atomic mass is 19.4. The lowest BCUT2D eigenvalue weighted by molar-refractivity contribution is -0.154. The zero-order valence-corrected chi connectivity index (χ0v) is 10.8. The van der Waals surface area contributed by atoms with E-state index in [9.17, 15) is 13.2 Å². The van der Waals surface area contributed by atoms with Crippen LogP contribution in [0.15, 0.2) is 0 Å². The van der Waals surface area contributed by atoms with Gasteiger partial charge >= 0.3 is 6.18 Å². The second-order valence-corrected chi connectivity index (χ2v) is 5.01. The van der Waals surface area contributed by atoms with E-state index in [1.165, 1.54) is 0 Å². The van der Waals surface area contributed by atoms with E-state index < -0.39 is 12.7 Å². The number of hydrogen-bond acceptors (Lipinski definition) is 2. The predicted molar refractivity (Wildman–Crippen MR) is 63.0 cm³/mol. The Bertz CT molecular complexity index is 230. The molecule has 3 unspecified atom stereocenters. The summed E-state index contributed by atoms with van der Waals surface area (Å²) in [6.45, 7) is 6.51. The predicted octanol–water partition coefficient (Wildman–Crippen LogP) is 2.65. The normalized spacial score (nSPS) is 29.3. The molecular weight excluding hydrogens is 229 g/mol. The summed E-state index contributed by atoms with van der Waals surface area (Å²) in [5, 5.41) is 3.38. The molecule has 0 aromatic heterocycles. The van der Waals surface area contributed by atoms with Gasteiger partial charge in [-0.15, -0.1) is 0 Å². The van der Waals surface area contributed by atoms with Crippen molar-refractivity contribution in [3.63, 3.8) is 0 Å². The lowest BCUT2D eigenvalue weighted by Gasteiger charge is -2.42. The third-order valence-electron chi connectivity index (χ3n) is 3.75. The summed E-state index contributed by atoms with van der Waals surface area (Å²) in [4.78, 5) is 1.59. The van der Waals surface area contributed by atoms with Crippen LogP contribution in [0.4, 0.5) is 13.2 Å². The number of hydrogen-bond donors (Lipinski definition) is 1. The van der Waals surface area contributed by atoms with E-state index in [0.717, 1.165) is 12.8 Å². The monoisotopic (exact) mass is 252 g/mol. The molecule has 0 bridgehead atoms. The number of piperazine rings is 1. The van der Waals surface area contributed by atoms with Gasteiger partial charge < -0.3 is 5.32 Å². The summed E-state index contributed by atoms with van der Waals surface area (Å²) in [5.41, 5.74) is 0. The maximum absolute atomic E-state index is 12.5. The van der Waals surface area contributed by atoms with Crippen LogP contribution < -0.4 is 5.32 Å². The lowest BCUT2D eigenvalue weighted by atomic mass is 9.95. The molecule has 0 spiro atoms. The van der Waals surface area contributed by atoms with Gasteiger partial charge in [0.05, 0.1) is 6.54 Å². The Morgan fingerprint density at radius 2 is 2.00 bits per heavy atom. The van der Waals surface area contributed by atoms with Crippen LogP contribution in [0, 0.1) is 5.92 Å². The average molecular weight is 252 g/mol. The first-order chi connectivity index (χ1) is 7.87. The quantitative estimate of drug-likeness (QED) is 0.827. The minimum atomic E-state index is -4.09. The van der Waals surface area contributed by atoms with Crippen molar-refractivity contribution < 1.29 is 13.2 Å². The highest BCUT2D eigenvalue weighted by Crippen LogP contribution is 2.23. The van der Waals surface area contributed by atoms with Crippen LogP contribution in [0.3, 0.4) is 0 Å². The summed E-state index contributed by atoms with van der Waals surface area (Å²) in [6.07, 6.45) is -2.34. The van der Waals surface area contributed by atoms with Gasteiger partial charge in [0.1, 0.15) is 0 Å². The first-order valence-corrected chi connectivity index (χ1v) is 6.41. The van der Waals surface area contributed by atoms with Crippen LogP contribution in [-0.4, -0.2) is 42.8 Å². The fourth-order valence-electron chi connectivity index (χ4n) is 2.37. The molecule has 0 saturated carbocycles. The lowest BCUT2D eigenvalue weighted by Crippen LogP contribution is -2.59. The fraction of sp³-hybridized carbons (Fsp3) is 1.00. The van der Waals surface area contributed by atoms with E-state index in [0.29, 0.717) is 19.0 Å². The molecule has 1 saturated heterocycles. The Kier molecular flexibility index (Phi) is 5.25. The van der Waals surface area contributed by atoms with Crippen molar-refractivity contribution in [1.82, 2.24) is 10.2 Å². The minimum Gasteiger partial charge on any atom is -0.311 e. The summed E-state index contributed by atoms with van der Waals surface area (Å²) < 4.78 is 37.5. The third kappa shape index (κ3) is 4.47.